The van der Waals surface area contributed by atoms with E-state index in [2.05, 4.69) is 12.2 Å². The van der Waals surface area contributed by atoms with Crippen LogP contribution in [0.25, 0.3) is 0 Å². The van der Waals surface area contributed by atoms with Crippen LogP contribution in [0.15, 0.2) is 23.1 Å². The topological polar surface area (TPSA) is 49.4 Å². The molecule has 0 saturated carbocycles. The summed E-state index contributed by atoms with van der Waals surface area (Å²) in [5, 5.41) is 3.31. The minimum absolute atomic E-state index is 0.516. The molecule has 1 atom stereocenters. The first-order valence-corrected chi connectivity index (χ1v) is 9.39. The quantitative estimate of drug-likeness (QED) is 0.914. The molecule has 0 aromatic heterocycles. The number of rotatable bonds is 2. The smallest absolute Gasteiger partial charge is 0.243 e. The van der Waals surface area contributed by atoms with Crippen LogP contribution >= 0.6 is 0 Å². The minimum atomic E-state index is -3.36. The number of hydrogen-bond donors (Lipinski definition) is 1. The Kier molecular flexibility index (Phi) is 4.22. The van der Waals surface area contributed by atoms with Gasteiger partial charge in [0.1, 0.15) is 0 Å². The largest absolute Gasteiger partial charge is 0.385 e. The van der Waals surface area contributed by atoms with E-state index in [0.717, 1.165) is 49.9 Å². The summed E-state index contributed by atoms with van der Waals surface area (Å²) in [6.45, 7) is 4.45. The Morgan fingerprint density at radius 3 is 2.90 bits per heavy atom. The normalized spacial score (nSPS) is 24.0. The van der Waals surface area contributed by atoms with E-state index in [1.54, 1.807) is 10.4 Å². The lowest BCUT2D eigenvalue weighted by Crippen LogP contribution is -2.33. The highest BCUT2D eigenvalue weighted by atomic mass is 32.2. The molecular weight excluding hydrogens is 284 g/mol. The molecule has 5 heteroatoms. The molecule has 0 radical (unpaired) electrons. The number of nitrogens with zero attached hydrogens (tertiary/aromatic N) is 1. The van der Waals surface area contributed by atoms with E-state index in [0.29, 0.717) is 23.9 Å². The van der Waals surface area contributed by atoms with Crippen molar-refractivity contribution in [3.8, 4) is 0 Å². The van der Waals surface area contributed by atoms with E-state index in [1.165, 1.54) is 0 Å². The van der Waals surface area contributed by atoms with E-state index in [4.69, 9.17) is 0 Å². The predicted molar refractivity (Wildman–Crippen MR) is 85.0 cm³/mol. The molecule has 2 aliphatic heterocycles. The molecule has 1 aromatic rings. The Hall–Kier alpha value is -1.07. The zero-order valence-corrected chi connectivity index (χ0v) is 13.5. The van der Waals surface area contributed by atoms with Gasteiger partial charge in [0.15, 0.2) is 0 Å². The molecule has 3 rings (SSSR count). The van der Waals surface area contributed by atoms with Crippen molar-refractivity contribution in [1.82, 2.24) is 4.31 Å². The Bertz CT molecular complexity index is 613. The van der Waals surface area contributed by atoms with E-state index >= 15 is 0 Å². The van der Waals surface area contributed by atoms with Gasteiger partial charge in [-0.25, -0.2) is 8.42 Å². The number of benzene rings is 1. The van der Waals surface area contributed by atoms with E-state index in [-0.39, 0.29) is 0 Å². The zero-order chi connectivity index (χ0) is 14.9. The van der Waals surface area contributed by atoms with Crippen LogP contribution in [0.2, 0.25) is 0 Å². The van der Waals surface area contributed by atoms with Gasteiger partial charge >= 0.3 is 0 Å². The number of sulfonamides is 1. The first kappa shape index (κ1) is 14.9. The molecule has 0 amide bonds. The van der Waals surface area contributed by atoms with Crippen LogP contribution < -0.4 is 5.32 Å². The van der Waals surface area contributed by atoms with Gasteiger partial charge in [-0.15, -0.1) is 0 Å². The van der Waals surface area contributed by atoms with Crippen LogP contribution in [0.4, 0.5) is 5.69 Å². The lowest BCUT2D eigenvalue weighted by atomic mass is 10.0. The molecule has 2 aliphatic rings. The van der Waals surface area contributed by atoms with Crippen molar-refractivity contribution in [3.63, 3.8) is 0 Å². The first-order chi connectivity index (χ1) is 10.1. The molecule has 21 heavy (non-hydrogen) atoms. The predicted octanol–water partition coefficient (Wildman–Crippen LogP) is 2.86. The maximum absolute atomic E-state index is 13.0. The maximum atomic E-state index is 13.0. The van der Waals surface area contributed by atoms with Gasteiger partial charge in [-0.1, -0.05) is 13.0 Å². The van der Waals surface area contributed by atoms with Crippen LogP contribution in [0.5, 0.6) is 0 Å². The molecule has 1 aromatic carbocycles. The van der Waals surface area contributed by atoms with Gasteiger partial charge in [0.25, 0.3) is 0 Å². The Morgan fingerprint density at radius 2 is 2.05 bits per heavy atom. The van der Waals surface area contributed by atoms with Gasteiger partial charge in [-0.3, -0.25) is 0 Å². The van der Waals surface area contributed by atoms with Crippen molar-refractivity contribution in [3.05, 3.63) is 23.8 Å². The third-order valence-corrected chi connectivity index (χ3v) is 6.63. The average Bonchev–Trinajstić information content (AvgIpc) is 2.72. The molecule has 1 fully saturated rings. The molecule has 0 spiro atoms. The van der Waals surface area contributed by atoms with Gasteiger partial charge in [-0.2, -0.15) is 4.31 Å². The average molecular weight is 308 g/mol. The summed E-state index contributed by atoms with van der Waals surface area (Å²) < 4.78 is 27.7. The van der Waals surface area contributed by atoms with Crippen molar-refractivity contribution in [2.45, 2.75) is 43.9 Å². The Morgan fingerprint density at radius 1 is 1.19 bits per heavy atom. The highest BCUT2D eigenvalue weighted by molar-refractivity contribution is 7.89. The fourth-order valence-corrected chi connectivity index (χ4v) is 5.10. The summed E-state index contributed by atoms with van der Waals surface area (Å²) in [4.78, 5) is 0.516. The minimum Gasteiger partial charge on any atom is -0.385 e. The van der Waals surface area contributed by atoms with Gasteiger partial charge < -0.3 is 5.32 Å². The summed E-state index contributed by atoms with van der Waals surface area (Å²) in [6.07, 6.45) is 4.90. The van der Waals surface area contributed by atoms with Crippen molar-refractivity contribution in [2.75, 3.05) is 25.0 Å². The highest BCUT2D eigenvalue weighted by Gasteiger charge is 2.29. The fraction of sp³-hybridized carbons (Fsp3) is 0.625. The molecule has 0 bridgehead atoms. The molecule has 116 valence electrons. The van der Waals surface area contributed by atoms with Crippen molar-refractivity contribution in [2.24, 2.45) is 5.92 Å². The molecule has 1 saturated heterocycles. The highest BCUT2D eigenvalue weighted by Crippen LogP contribution is 2.31. The third kappa shape index (κ3) is 2.94. The molecular formula is C16H24N2O2S. The van der Waals surface area contributed by atoms with Gasteiger partial charge in [0, 0.05) is 25.3 Å². The molecule has 2 heterocycles. The standard InChI is InChI=1S/C16H24N2O2S/c1-13-5-4-11-18(12-9-13)21(19,20)16-8-2-7-15-14(16)6-3-10-17-15/h2,7-8,13,17H,3-6,9-12H2,1H3. The van der Waals surface area contributed by atoms with Crippen molar-refractivity contribution < 1.29 is 8.42 Å². The fourth-order valence-electron chi connectivity index (χ4n) is 3.34. The monoisotopic (exact) mass is 308 g/mol. The molecule has 1 N–H and O–H groups in total. The van der Waals surface area contributed by atoms with Gasteiger partial charge in [0.2, 0.25) is 10.0 Å². The van der Waals surface area contributed by atoms with Crippen LogP contribution in [-0.2, 0) is 16.4 Å². The molecule has 0 aliphatic carbocycles. The van der Waals surface area contributed by atoms with Crippen LogP contribution in [-0.4, -0.2) is 32.4 Å². The maximum Gasteiger partial charge on any atom is 0.243 e. The van der Waals surface area contributed by atoms with Crippen molar-refractivity contribution >= 4 is 15.7 Å². The third-order valence-electron chi connectivity index (χ3n) is 4.65. The number of hydrogen-bond acceptors (Lipinski definition) is 3. The van der Waals surface area contributed by atoms with Crippen LogP contribution in [0.3, 0.4) is 0 Å². The summed E-state index contributed by atoms with van der Waals surface area (Å²) in [5.41, 5.74) is 1.96. The summed E-state index contributed by atoms with van der Waals surface area (Å²) in [7, 11) is -3.36. The Labute approximate surface area is 127 Å². The SMILES string of the molecule is CC1CCCN(S(=O)(=O)c2cccc3c2CCCN3)CC1. The van der Waals surface area contributed by atoms with E-state index in [9.17, 15) is 8.42 Å². The first-order valence-electron chi connectivity index (χ1n) is 7.95. The summed E-state index contributed by atoms with van der Waals surface area (Å²) in [5.74, 6) is 0.622. The lowest BCUT2D eigenvalue weighted by Gasteiger charge is -2.25. The van der Waals surface area contributed by atoms with Gasteiger partial charge in [0.05, 0.1) is 4.90 Å². The Balaban J connectivity index is 1.95. The number of fused-ring (bicyclic) bond motifs is 1. The van der Waals surface area contributed by atoms with E-state index < -0.39 is 10.0 Å². The van der Waals surface area contributed by atoms with Crippen LogP contribution in [0, 0.1) is 5.92 Å². The van der Waals surface area contributed by atoms with E-state index in [1.807, 2.05) is 12.1 Å². The second-order valence-electron chi connectivity index (χ2n) is 6.25. The second-order valence-corrected chi connectivity index (χ2v) is 8.16. The van der Waals surface area contributed by atoms with Gasteiger partial charge in [-0.05, 0) is 55.7 Å². The second kappa shape index (κ2) is 5.97. The van der Waals surface area contributed by atoms with Crippen LogP contribution in [0.1, 0.15) is 38.2 Å². The number of nitrogens with one attached hydrogen (secondary N) is 1. The summed E-state index contributed by atoms with van der Waals surface area (Å²) in [6, 6.07) is 5.61. The molecule has 4 nitrogen and oxygen atoms in total. The number of anilines is 1. The summed E-state index contributed by atoms with van der Waals surface area (Å²) >= 11 is 0. The zero-order valence-electron chi connectivity index (χ0n) is 12.6. The lowest BCUT2D eigenvalue weighted by molar-refractivity contribution is 0.416. The molecule has 1 unspecified atom stereocenters. The van der Waals surface area contributed by atoms with Crippen molar-refractivity contribution in [1.29, 1.82) is 0 Å².